The molecule has 23 heavy (non-hydrogen) atoms. The van der Waals surface area contributed by atoms with Crippen molar-refractivity contribution in [3.63, 3.8) is 0 Å². The normalized spacial score (nSPS) is 10.7. The van der Waals surface area contributed by atoms with Gasteiger partial charge in [-0.25, -0.2) is 4.98 Å². The van der Waals surface area contributed by atoms with E-state index >= 15 is 0 Å². The van der Waals surface area contributed by atoms with Gasteiger partial charge in [0.15, 0.2) is 11.6 Å². The van der Waals surface area contributed by atoms with Crippen molar-refractivity contribution in [2.75, 3.05) is 6.61 Å². The Morgan fingerprint density at radius 2 is 2.00 bits per heavy atom. The van der Waals surface area contributed by atoms with Crippen LogP contribution in [0, 0.1) is 0 Å². The number of carbonyl (C=O) groups excluding carboxylic acids is 1. The molecule has 0 aliphatic rings. The van der Waals surface area contributed by atoms with Crippen molar-refractivity contribution in [2.24, 2.45) is 0 Å². The molecule has 0 fully saturated rings. The second kappa shape index (κ2) is 6.91. The number of rotatable bonds is 6. The number of aromatic amines is 1. The van der Waals surface area contributed by atoms with Crippen molar-refractivity contribution < 1.29 is 14.3 Å². The van der Waals surface area contributed by atoms with Gasteiger partial charge in [-0.1, -0.05) is 30.3 Å². The topological polar surface area (TPSA) is 77.1 Å². The van der Waals surface area contributed by atoms with Gasteiger partial charge >= 0.3 is 5.97 Å². The first kappa shape index (κ1) is 15.0. The second-order valence-corrected chi connectivity index (χ2v) is 4.98. The van der Waals surface area contributed by atoms with E-state index in [2.05, 4.69) is 21.2 Å². The first-order valence-electron chi connectivity index (χ1n) is 7.42. The van der Waals surface area contributed by atoms with Gasteiger partial charge in [0.05, 0.1) is 6.61 Å². The first-order valence-corrected chi connectivity index (χ1v) is 7.42. The molecule has 0 amide bonds. The summed E-state index contributed by atoms with van der Waals surface area (Å²) < 4.78 is 10.6. The maximum Gasteiger partial charge on any atom is 0.313 e. The average molecular weight is 311 g/mol. The number of nitrogens with zero attached hydrogens (tertiary/aromatic N) is 2. The van der Waals surface area contributed by atoms with Gasteiger partial charge < -0.3 is 9.47 Å². The van der Waals surface area contributed by atoms with Gasteiger partial charge in [-0.3, -0.25) is 9.89 Å². The molecule has 6 heteroatoms. The summed E-state index contributed by atoms with van der Waals surface area (Å²) in [5.74, 6) is 1.39. The van der Waals surface area contributed by atoms with Crippen molar-refractivity contribution in [3.05, 3.63) is 54.1 Å². The zero-order valence-electron chi connectivity index (χ0n) is 12.8. The fraction of sp³-hybridized carbons (Fsp3) is 0.235. The van der Waals surface area contributed by atoms with Crippen LogP contribution < -0.4 is 4.74 Å². The third-order valence-electron chi connectivity index (χ3n) is 3.28. The van der Waals surface area contributed by atoms with Gasteiger partial charge in [0.1, 0.15) is 18.8 Å². The monoisotopic (exact) mass is 311 g/mol. The summed E-state index contributed by atoms with van der Waals surface area (Å²) in [6, 6.07) is 14.0. The van der Waals surface area contributed by atoms with Crippen molar-refractivity contribution in [3.8, 4) is 5.75 Å². The molecule has 0 spiro atoms. The number of aromatic nitrogens is 3. The molecule has 0 radical (unpaired) electrons. The highest BCUT2D eigenvalue weighted by Crippen LogP contribution is 2.21. The summed E-state index contributed by atoms with van der Waals surface area (Å²) in [4.78, 5) is 15.6. The SMILES string of the molecule is CCOC(=O)Cc1n[nH]c(COc2ccc3ccccc3c2)n1. The van der Waals surface area contributed by atoms with Crippen LogP contribution in [0.3, 0.4) is 0 Å². The lowest BCUT2D eigenvalue weighted by Gasteiger charge is -2.05. The van der Waals surface area contributed by atoms with Gasteiger partial charge in [-0.2, -0.15) is 5.10 Å². The minimum atomic E-state index is -0.339. The van der Waals surface area contributed by atoms with Crippen LogP contribution in [0.5, 0.6) is 5.75 Å². The number of carbonyl (C=O) groups is 1. The van der Waals surface area contributed by atoms with Gasteiger partial charge in [0, 0.05) is 0 Å². The molecule has 6 nitrogen and oxygen atoms in total. The maximum absolute atomic E-state index is 11.4. The Hall–Kier alpha value is -2.89. The van der Waals surface area contributed by atoms with E-state index in [-0.39, 0.29) is 19.0 Å². The highest BCUT2D eigenvalue weighted by atomic mass is 16.5. The van der Waals surface area contributed by atoms with Crippen LogP contribution in [-0.2, 0) is 22.6 Å². The number of benzene rings is 2. The third-order valence-corrected chi connectivity index (χ3v) is 3.28. The third kappa shape index (κ3) is 3.85. The van der Waals surface area contributed by atoms with Gasteiger partial charge in [0.2, 0.25) is 0 Å². The molecule has 3 rings (SSSR count). The summed E-state index contributed by atoms with van der Waals surface area (Å²) in [6.07, 6.45) is 0.0559. The summed E-state index contributed by atoms with van der Waals surface area (Å²) in [6.45, 7) is 2.37. The Morgan fingerprint density at radius 1 is 1.17 bits per heavy atom. The predicted molar refractivity (Wildman–Crippen MR) is 85.0 cm³/mol. The number of hydrogen-bond acceptors (Lipinski definition) is 5. The fourth-order valence-electron chi connectivity index (χ4n) is 2.23. The Bertz CT molecular complexity index is 813. The van der Waals surface area contributed by atoms with E-state index in [1.165, 1.54) is 0 Å². The van der Waals surface area contributed by atoms with Crippen LogP contribution >= 0.6 is 0 Å². The van der Waals surface area contributed by atoms with Crippen LogP contribution in [0.2, 0.25) is 0 Å². The number of fused-ring (bicyclic) bond motifs is 1. The van der Waals surface area contributed by atoms with E-state index in [9.17, 15) is 4.79 Å². The molecule has 2 aromatic carbocycles. The Balaban J connectivity index is 1.61. The van der Waals surface area contributed by atoms with E-state index in [1.807, 2.05) is 36.4 Å². The van der Waals surface area contributed by atoms with E-state index in [1.54, 1.807) is 6.92 Å². The number of hydrogen-bond donors (Lipinski definition) is 1. The van der Waals surface area contributed by atoms with Crippen molar-refractivity contribution >= 4 is 16.7 Å². The molecule has 0 atom stereocenters. The first-order chi connectivity index (χ1) is 11.2. The number of ether oxygens (including phenoxy) is 2. The number of esters is 1. The highest BCUT2D eigenvalue weighted by Gasteiger charge is 2.10. The van der Waals surface area contributed by atoms with E-state index in [0.29, 0.717) is 18.3 Å². The molecule has 1 heterocycles. The van der Waals surface area contributed by atoms with Crippen molar-refractivity contribution in [2.45, 2.75) is 20.0 Å². The average Bonchev–Trinajstić information content (AvgIpc) is 3.00. The number of nitrogens with one attached hydrogen (secondary N) is 1. The van der Waals surface area contributed by atoms with Crippen molar-refractivity contribution in [1.29, 1.82) is 0 Å². The largest absolute Gasteiger partial charge is 0.486 e. The Labute approximate surface area is 133 Å². The molecular weight excluding hydrogens is 294 g/mol. The lowest BCUT2D eigenvalue weighted by atomic mass is 10.1. The lowest BCUT2D eigenvalue weighted by Crippen LogP contribution is -2.08. The van der Waals surface area contributed by atoms with Crippen LogP contribution in [0.25, 0.3) is 10.8 Å². The van der Waals surface area contributed by atoms with Gasteiger partial charge in [0.25, 0.3) is 0 Å². The van der Waals surface area contributed by atoms with Crippen LogP contribution in [0.1, 0.15) is 18.6 Å². The van der Waals surface area contributed by atoms with Crippen molar-refractivity contribution in [1.82, 2.24) is 15.2 Å². The van der Waals surface area contributed by atoms with Crippen LogP contribution in [0.4, 0.5) is 0 Å². The Morgan fingerprint density at radius 3 is 2.83 bits per heavy atom. The van der Waals surface area contributed by atoms with Gasteiger partial charge in [-0.15, -0.1) is 0 Å². The Kier molecular flexibility index (Phi) is 4.52. The highest BCUT2D eigenvalue weighted by molar-refractivity contribution is 5.83. The molecule has 3 aromatic rings. The number of H-pyrrole nitrogens is 1. The minimum Gasteiger partial charge on any atom is -0.486 e. The molecule has 0 aliphatic heterocycles. The molecule has 118 valence electrons. The molecule has 0 aliphatic carbocycles. The smallest absolute Gasteiger partial charge is 0.313 e. The molecule has 1 N–H and O–H groups in total. The van der Waals surface area contributed by atoms with E-state index in [4.69, 9.17) is 9.47 Å². The summed E-state index contributed by atoms with van der Waals surface area (Å²) in [5.41, 5.74) is 0. The molecule has 0 saturated heterocycles. The molecule has 0 unspecified atom stereocenters. The molecule has 0 saturated carbocycles. The standard InChI is InChI=1S/C17H17N3O3/c1-2-22-17(21)10-15-18-16(20-19-15)11-23-14-8-7-12-5-3-4-6-13(12)9-14/h3-9H,2,10-11H2,1H3,(H,18,19,20). The lowest BCUT2D eigenvalue weighted by molar-refractivity contribution is -0.142. The summed E-state index contributed by atoms with van der Waals surface area (Å²) >= 11 is 0. The maximum atomic E-state index is 11.4. The second-order valence-electron chi connectivity index (χ2n) is 4.98. The summed E-state index contributed by atoms with van der Waals surface area (Å²) in [7, 11) is 0. The molecular formula is C17H17N3O3. The fourth-order valence-corrected chi connectivity index (χ4v) is 2.23. The van der Waals surface area contributed by atoms with Gasteiger partial charge in [-0.05, 0) is 29.8 Å². The quantitative estimate of drug-likeness (QED) is 0.708. The zero-order valence-corrected chi connectivity index (χ0v) is 12.8. The van der Waals surface area contributed by atoms with Crippen LogP contribution in [-0.4, -0.2) is 27.8 Å². The molecule has 1 aromatic heterocycles. The van der Waals surface area contributed by atoms with E-state index < -0.39 is 0 Å². The summed E-state index contributed by atoms with van der Waals surface area (Å²) in [5, 5.41) is 9.03. The zero-order chi connectivity index (χ0) is 16.1. The molecule has 0 bridgehead atoms. The minimum absolute atomic E-state index is 0.0559. The van der Waals surface area contributed by atoms with E-state index in [0.717, 1.165) is 16.5 Å². The predicted octanol–water partition coefficient (Wildman–Crippen LogP) is 2.64. The van der Waals surface area contributed by atoms with Crippen LogP contribution in [0.15, 0.2) is 42.5 Å².